The van der Waals surface area contributed by atoms with Crippen LogP contribution < -0.4 is 0 Å². The van der Waals surface area contributed by atoms with Gasteiger partial charge in [0.2, 0.25) is 5.91 Å². The Labute approximate surface area is 106 Å². The summed E-state index contributed by atoms with van der Waals surface area (Å²) in [6.07, 6.45) is 0.101. The molecule has 0 saturated carbocycles. The van der Waals surface area contributed by atoms with Crippen molar-refractivity contribution >= 4 is 11.7 Å². The van der Waals surface area contributed by atoms with Gasteiger partial charge in [0, 0.05) is 26.2 Å². The van der Waals surface area contributed by atoms with Crippen LogP contribution in [0, 0.1) is 0 Å². The largest absolute Gasteiger partial charge is 0.330 e. The third-order valence-electron chi connectivity index (χ3n) is 3.73. The molecule has 0 radical (unpaired) electrons. The van der Waals surface area contributed by atoms with Gasteiger partial charge in [0.1, 0.15) is 6.04 Å². The average molecular weight is 244 g/mol. The molecule has 1 atom stereocenters. The molecular formula is C14H16N2O2. The van der Waals surface area contributed by atoms with E-state index >= 15 is 0 Å². The summed E-state index contributed by atoms with van der Waals surface area (Å²) in [6.45, 7) is 3.07. The van der Waals surface area contributed by atoms with Crippen LogP contribution in [0.1, 0.15) is 12.0 Å². The van der Waals surface area contributed by atoms with E-state index in [9.17, 15) is 9.59 Å². The normalized spacial score (nSPS) is 24.4. The molecule has 0 spiro atoms. The van der Waals surface area contributed by atoms with Gasteiger partial charge in [-0.1, -0.05) is 30.3 Å². The Morgan fingerprint density at radius 1 is 1.11 bits per heavy atom. The molecule has 4 nitrogen and oxygen atoms in total. The number of carbonyl (C=O) groups is 2. The van der Waals surface area contributed by atoms with Gasteiger partial charge in [-0.25, -0.2) is 0 Å². The summed E-state index contributed by atoms with van der Waals surface area (Å²) in [4.78, 5) is 27.3. The molecule has 0 aliphatic carbocycles. The molecule has 18 heavy (non-hydrogen) atoms. The van der Waals surface area contributed by atoms with E-state index in [4.69, 9.17) is 0 Å². The maximum absolute atomic E-state index is 11.7. The molecule has 0 N–H and O–H groups in total. The fourth-order valence-corrected chi connectivity index (χ4v) is 2.77. The zero-order valence-corrected chi connectivity index (χ0v) is 10.2. The van der Waals surface area contributed by atoms with Crippen LogP contribution in [0.5, 0.6) is 0 Å². The second kappa shape index (κ2) is 4.53. The van der Waals surface area contributed by atoms with E-state index in [0.29, 0.717) is 13.1 Å². The molecule has 1 aromatic rings. The van der Waals surface area contributed by atoms with Crippen molar-refractivity contribution in [1.29, 1.82) is 0 Å². The van der Waals surface area contributed by atoms with Gasteiger partial charge < -0.3 is 4.90 Å². The zero-order chi connectivity index (χ0) is 12.5. The molecule has 2 aliphatic heterocycles. The fraction of sp³-hybridized carbons (Fsp3) is 0.429. The van der Waals surface area contributed by atoms with Crippen LogP contribution >= 0.6 is 0 Å². The van der Waals surface area contributed by atoms with Gasteiger partial charge in [-0.2, -0.15) is 0 Å². The predicted molar refractivity (Wildman–Crippen MR) is 66.8 cm³/mol. The molecule has 2 saturated heterocycles. The highest BCUT2D eigenvalue weighted by molar-refractivity contribution is 6.07. The topological polar surface area (TPSA) is 40.6 Å². The molecule has 2 fully saturated rings. The van der Waals surface area contributed by atoms with Gasteiger partial charge >= 0.3 is 0 Å². The van der Waals surface area contributed by atoms with Gasteiger partial charge in [0.15, 0.2) is 5.78 Å². The van der Waals surface area contributed by atoms with Crippen LogP contribution in [0.4, 0.5) is 0 Å². The molecule has 2 heterocycles. The molecule has 2 aliphatic rings. The number of piperazine rings is 1. The van der Waals surface area contributed by atoms with Crippen molar-refractivity contribution in [3.8, 4) is 0 Å². The quantitative estimate of drug-likeness (QED) is 0.718. The third-order valence-corrected chi connectivity index (χ3v) is 3.73. The Morgan fingerprint density at radius 3 is 2.67 bits per heavy atom. The lowest BCUT2D eigenvalue weighted by molar-refractivity contribution is -0.131. The van der Waals surface area contributed by atoms with Crippen LogP contribution in [-0.2, 0) is 16.1 Å². The highest BCUT2D eigenvalue weighted by Gasteiger charge is 2.41. The summed E-state index contributed by atoms with van der Waals surface area (Å²) in [5.41, 5.74) is 1.25. The van der Waals surface area contributed by atoms with E-state index in [1.54, 1.807) is 4.90 Å². The number of hydrogen-bond acceptors (Lipinski definition) is 3. The first-order valence-electron chi connectivity index (χ1n) is 6.32. The van der Waals surface area contributed by atoms with Crippen LogP contribution in [-0.4, -0.2) is 47.2 Å². The number of hydrogen-bond donors (Lipinski definition) is 0. The Kier molecular flexibility index (Phi) is 2.88. The van der Waals surface area contributed by atoms with Gasteiger partial charge in [-0.05, 0) is 5.56 Å². The van der Waals surface area contributed by atoms with Crippen molar-refractivity contribution < 1.29 is 9.59 Å². The Bertz CT molecular complexity index is 472. The number of Topliss-reactive ketones (excluding diaryl/α,β-unsaturated/α-hetero) is 1. The highest BCUT2D eigenvalue weighted by Crippen LogP contribution is 2.21. The minimum atomic E-state index is -0.199. The molecular weight excluding hydrogens is 228 g/mol. The number of ketones is 1. The standard InChI is InChI=1S/C14H16N2O2/c17-13-8-14(18)16-7-6-15(10-12(13)16)9-11-4-2-1-3-5-11/h1-5,12H,6-10H2. The maximum Gasteiger partial charge on any atom is 0.230 e. The molecule has 1 amide bonds. The molecule has 1 aromatic carbocycles. The number of fused-ring (bicyclic) bond motifs is 1. The zero-order valence-electron chi connectivity index (χ0n) is 10.2. The molecule has 1 unspecified atom stereocenters. The first-order valence-corrected chi connectivity index (χ1v) is 6.32. The van der Waals surface area contributed by atoms with Gasteiger partial charge in [0.05, 0.1) is 6.42 Å². The van der Waals surface area contributed by atoms with E-state index in [0.717, 1.165) is 13.1 Å². The molecule has 0 aromatic heterocycles. The van der Waals surface area contributed by atoms with Crippen LogP contribution in [0.15, 0.2) is 30.3 Å². The Balaban J connectivity index is 1.67. The lowest BCUT2D eigenvalue weighted by atomic mass is 10.1. The number of benzene rings is 1. The van der Waals surface area contributed by atoms with Crippen molar-refractivity contribution in [2.75, 3.05) is 19.6 Å². The average Bonchev–Trinajstić information content (AvgIpc) is 2.66. The number of carbonyl (C=O) groups excluding carboxylic acids is 2. The van der Waals surface area contributed by atoms with Crippen molar-refractivity contribution in [3.63, 3.8) is 0 Å². The van der Waals surface area contributed by atoms with Crippen LogP contribution in [0.25, 0.3) is 0 Å². The second-order valence-electron chi connectivity index (χ2n) is 4.97. The smallest absolute Gasteiger partial charge is 0.230 e. The fourth-order valence-electron chi connectivity index (χ4n) is 2.77. The van der Waals surface area contributed by atoms with E-state index in [1.807, 2.05) is 18.2 Å². The van der Waals surface area contributed by atoms with E-state index in [2.05, 4.69) is 17.0 Å². The van der Waals surface area contributed by atoms with Crippen molar-refractivity contribution in [2.45, 2.75) is 19.0 Å². The van der Waals surface area contributed by atoms with Crippen LogP contribution in [0.3, 0.4) is 0 Å². The first kappa shape index (κ1) is 11.4. The summed E-state index contributed by atoms with van der Waals surface area (Å²) in [7, 11) is 0. The first-order chi connectivity index (χ1) is 8.74. The third kappa shape index (κ3) is 2.04. The molecule has 94 valence electrons. The van der Waals surface area contributed by atoms with Crippen molar-refractivity contribution in [2.24, 2.45) is 0 Å². The number of amides is 1. The van der Waals surface area contributed by atoms with Crippen LogP contribution in [0.2, 0.25) is 0 Å². The molecule has 0 bridgehead atoms. The van der Waals surface area contributed by atoms with Gasteiger partial charge in [0.25, 0.3) is 0 Å². The van der Waals surface area contributed by atoms with E-state index in [1.165, 1.54) is 5.56 Å². The monoisotopic (exact) mass is 244 g/mol. The Morgan fingerprint density at radius 2 is 1.89 bits per heavy atom. The van der Waals surface area contributed by atoms with Crippen molar-refractivity contribution in [1.82, 2.24) is 9.80 Å². The summed E-state index contributed by atoms with van der Waals surface area (Å²) in [5.74, 6) is 0.0853. The lowest BCUT2D eigenvalue weighted by Gasteiger charge is -2.36. The van der Waals surface area contributed by atoms with Crippen molar-refractivity contribution in [3.05, 3.63) is 35.9 Å². The summed E-state index contributed by atoms with van der Waals surface area (Å²) in [6, 6.07) is 10.0. The minimum absolute atomic E-state index is 0.00404. The summed E-state index contributed by atoms with van der Waals surface area (Å²) < 4.78 is 0. The SMILES string of the molecule is O=C1CC(=O)N2CCN(Cc3ccccc3)CC12. The predicted octanol–water partition coefficient (Wildman–Crippen LogP) is 0.672. The summed E-state index contributed by atoms with van der Waals surface area (Å²) >= 11 is 0. The summed E-state index contributed by atoms with van der Waals surface area (Å²) in [5, 5.41) is 0. The number of nitrogens with zero attached hydrogens (tertiary/aromatic N) is 2. The van der Waals surface area contributed by atoms with E-state index in [-0.39, 0.29) is 24.2 Å². The highest BCUT2D eigenvalue weighted by atomic mass is 16.2. The van der Waals surface area contributed by atoms with Gasteiger partial charge in [-0.15, -0.1) is 0 Å². The lowest BCUT2D eigenvalue weighted by Crippen LogP contribution is -2.52. The minimum Gasteiger partial charge on any atom is -0.330 e. The Hall–Kier alpha value is -1.68. The second-order valence-corrected chi connectivity index (χ2v) is 4.97. The maximum atomic E-state index is 11.7. The van der Waals surface area contributed by atoms with E-state index < -0.39 is 0 Å². The molecule has 3 rings (SSSR count). The number of rotatable bonds is 2. The van der Waals surface area contributed by atoms with Gasteiger partial charge in [-0.3, -0.25) is 14.5 Å². The molecule has 4 heteroatoms.